The molecule has 3 amide bonds. The average molecular weight is 378 g/mol. The molecule has 0 saturated carbocycles. The van der Waals surface area contributed by atoms with Crippen LogP contribution in [0.5, 0.6) is 0 Å². The van der Waals surface area contributed by atoms with Gasteiger partial charge in [0.05, 0.1) is 23.9 Å². The second-order valence-corrected chi connectivity index (χ2v) is 6.69. The van der Waals surface area contributed by atoms with Crippen molar-refractivity contribution in [1.82, 2.24) is 20.1 Å². The number of hydrogen-bond donors (Lipinski definition) is 1. The van der Waals surface area contributed by atoms with E-state index in [0.717, 1.165) is 5.56 Å². The van der Waals surface area contributed by atoms with Gasteiger partial charge >= 0.3 is 6.03 Å². The second-order valence-electron chi connectivity index (χ2n) is 6.69. The van der Waals surface area contributed by atoms with Crippen molar-refractivity contribution < 1.29 is 14.0 Å². The number of halogens is 1. The van der Waals surface area contributed by atoms with Gasteiger partial charge in [0.25, 0.3) is 5.91 Å². The van der Waals surface area contributed by atoms with Crippen LogP contribution < -0.4 is 5.32 Å². The number of benzene rings is 1. The molecular formula is C21H19FN4O2. The van der Waals surface area contributed by atoms with Crippen molar-refractivity contribution in [3.63, 3.8) is 0 Å². The first-order chi connectivity index (χ1) is 13.6. The lowest BCUT2D eigenvalue weighted by molar-refractivity contribution is -0.126. The summed E-state index contributed by atoms with van der Waals surface area (Å²) < 4.78 is 14.4. The van der Waals surface area contributed by atoms with Crippen LogP contribution in [0.3, 0.4) is 0 Å². The van der Waals surface area contributed by atoms with Crippen LogP contribution in [0.2, 0.25) is 0 Å². The molecule has 4 rings (SSSR count). The van der Waals surface area contributed by atoms with Gasteiger partial charge in [0, 0.05) is 31.0 Å². The highest BCUT2D eigenvalue weighted by atomic mass is 19.1. The normalized spacial score (nSPS) is 19.0. The van der Waals surface area contributed by atoms with Crippen LogP contribution in [0.25, 0.3) is 0 Å². The fraction of sp³-hybridized carbons (Fsp3) is 0.190. The van der Waals surface area contributed by atoms with E-state index in [1.807, 2.05) is 6.07 Å². The third kappa shape index (κ3) is 3.05. The zero-order valence-electron chi connectivity index (χ0n) is 15.1. The predicted molar refractivity (Wildman–Crippen MR) is 101 cm³/mol. The first-order valence-electron chi connectivity index (χ1n) is 8.94. The first kappa shape index (κ1) is 17.9. The van der Waals surface area contributed by atoms with Gasteiger partial charge in [0.15, 0.2) is 0 Å². The molecule has 2 aliphatic rings. The lowest BCUT2D eigenvalue weighted by Gasteiger charge is -2.33. The predicted octanol–water partition coefficient (Wildman–Crippen LogP) is 2.77. The number of aromatic nitrogens is 1. The molecule has 1 N–H and O–H groups in total. The molecule has 1 aromatic heterocycles. The number of carbonyl (C=O) groups is 2. The number of urea groups is 1. The van der Waals surface area contributed by atoms with Gasteiger partial charge < -0.3 is 10.2 Å². The number of pyridine rings is 1. The Bertz CT molecular complexity index is 973. The Labute approximate surface area is 162 Å². The van der Waals surface area contributed by atoms with Gasteiger partial charge in [-0.25, -0.2) is 9.18 Å². The lowest BCUT2D eigenvalue weighted by Crippen LogP contribution is -2.47. The van der Waals surface area contributed by atoms with Crippen LogP contribution in [0.1, 0.15) is 17.2 Å². The Balaban J connectivity index is 1.73. The summed E-state index contributed by atoms with van der Waals surface area (Å²) in [7, 11) is 0. The summed E-state index contributed by atoms with van der Waals surface area (Å²) >= 11 is 0. The molecule has 2 aliphatic heterocycles. The molecule has 0 aliphatic carbocycles. The molecule has 0 radical (unpaired) electrons. The van der Waals surface area contributed by atoms with Gasteiger partial charge in [-0.3, -0.25) is 14.7 Å². The number of hydrogen-bond acceptors (Lipinski definition) is 3. The number of carbonyl (C=O) groups excluding carboxylic acids is 2. The van der Waals surface area contributed by atoms with E-state index in [0.29, 0.717) is 17.8 Å². The Morgan fingerprint density at radius 3 is 2.79 bits per heavy atom. The van der Waals surface area contributed by atoms with E-state index in [-0.39, 0.29) is 30.6 Å². The summed E-state index contributed by atoms with van der Waals surface area (Å²) in [6, 6.07) is 8.67. The fourth-order valence-corrected chi connectivity index (χ4v) is 3.65. The minimum atomic E-state index is -0.823. The van der Waals surface area contributed by atoms with Gasteiger partial charge in [0.2, 0.25) is 0 Å². The van der Waals surface area contributed by atoms with Crippen molar-refractivity contribution in [3.8, 4) is 0 Å². The minimum absolute atomic E-state index is 0.221. The molecule has 1 atom stereocenters. The summed E-state index contributed by atoms with van der Waals surface area (Å²) in [4.78, 5) is 33.1. The maximum Gasteiger partial charge on any atom is 0.322 e. The molecule has 0 bridgehead atoms. The van der Waals surface area contributed by atoms with E-state index in [4.69, 9.17) is 0 Å². The Morgan fingerprint density at radius 2 is 2.07 bits per heavy atom. The Hall–Kier alpha value is -3.48. The quantitative estimate of drug-likeness (QED) is 0.814. The molecule has 3 heterocycles. The molecule has 1 unspecified atom stereocenters. The highest BCUT2D eigenvalue weighted by Crippen LogP contribution is 2.37. The summed E-state index contributed by atoms with van der Waals surface area (Å²) in [5.41, 5.74) is 2.15. The zero-order valence-corrected chi connectivity index (χ0v) is 15.1. The topological polar surface area (TPSA) is 65.5 Å². The van der Waals surface area contributed by atoms with Crippen LogP contribution in [0.15, 0.2) is 72.7 Å². The Kier molecular flexibility index (Phi) is 4.65. The zero-order chi connectivity index (χ0) is 19.7. The van der Waals surface area contributed by atoms with E-state index >= 15 is 0 Å². The number of rotatable bonds is 5. The maximum atomic E-state index is 14.4. The summed E-state index contributed by atoms with van der Waals surface area (Å²) in [5, 5.41) is 2.78. The fourth-order valence-electron chi connectivity index (χ4n) is 3.65. The molecule has 1 aromatic carbocycles. The number of nitrogens with one attached hydrogen (secondary N) is 1. The first-order valence-corrected chi connectivity index (χ1v) is 8.94. The highest BCUT2D eigenvalue weighted by molar-refractivity contribution is 6.01. The van der Waals surface area contributed by atoms with Gasteiger partial charge in [-0.05, 0) is 17.7 Å². The number of amides is 3. The maximum absolute atomic E-state index is 14.4. The van der Waals surface area contributed by atoms with Crippen molar-refractivity contribution in [1.29, 1.82) is 0 Å². The van der Waals surface area contributed by atoms with E-state index in [1.165, 1.54) is 11.0 Å². The summed E-state index contributed by atoms with van der Waals surface area (Å²) in [5.74, 6) is -0.684. The van der Waals surface area contributed by atoms with Crippen molar-refractivity contribution >= 4 is 11.9 Å². The molecule has 6 nitrogen and oxygen atoms in total. The van der Waals surface area contributed by atoms with Gasteiger partial charge in [0.1, 0.15) is 5.82 Å². The molecule has 2 aromatic rings. The summed E-state index contributed by atoms with van der Waals surface area (Å²) in [6.45, 7) is 4.59. The third-order valence-electron chi connectivity index (χ3n) is 4.92. The van der Waals surface area contributed by atoms with Gasteiger partial charge in [-0.1, -0.05) is 30.3 Å². The van der Waals surface area contributed by atoms with Crippen LogP contribution in [0.4, 0.5) is 9.18 Å². The Morgan fingerprint density at radius 1 is 1.25 bits per heavy atom. The molecule has 7 heteroatoms. The third-order valence-corrected chi connectivity index (χ3v) is 4.92. The molecule has 0 spiro atoms. The number of nitrogens with zero attached hydrogens (tertiary/aromatic N) is 3. The van der Waals surface area contributed by atoms with Crippen molar-refractivity contribution in [2.24, 2.45) is 0 Å². The van der Waals surface area contributed by atoms with Crippen molar-refractivity contribution in [3.05, 3.63) is 89.7 Å². The smallest absolute Gasteiger partial charge is 0.322 e. The standard InChI is InChI=1S/C21H19FN4O2/c1-2-10-26-17-13-25(12-14-6-5-9-23-11-14)20(27)18(17)19(24-21(26)28)15-7-3-4-8-16(15)22/h2-9,11,19H,1,10,12-13H2,(H,24,28). The molecule has 0 saturated heterocycles. The highest BCUT2D eigenvalue weighted by Gasteiger charge is 2.44. The van der Waals surface area contributed by atoms with Gasteiger partial charge in [-0.15, -0.1) is 6.58 Å². The molecule has 0 fully saturated rings. The molecule has 28 heavy (non-hydrogen) atoms. The van der Waals surface area contributed by atoms with E-state index in [1.54, 1.807) is 47.6 Å². The average Bonchev–Trinajstić information content (AvgIpc) is 3.01. The van der Waals surface area contributed by atoms with Crippen molar-refractivity contribution in [2.45, 2.75) is 12.6 Å². The van der Waals surface area contributed by atoms with Crippen LogP contribution >= 0.6 is 0 Å². The van der Waals surface area contributed by atoms with Crippen LogP contribution in [0, 0.1) is 5.82 Å². The van der Waals surface area contributed by atoms with E-state index < -0.39 is 11.9 Å². The molecular weight excluding hydrogens is 359 g/mol. The SMILES string of the molecule is C=CCN1C(=O)NC(c2ccccc2F)C2=C1CN(Cc1cccnc1)C2=O. The minimum Gasteiger partial charge on any atom is -0.329 e. The second kappa shape index (κ2) is 7.26. The lowest BCUT2D eigenvalue weighted by atomic mass is 9.95. The van der Waals surface area contributed by atoms with Crippen molar-refractivity contribution in [2.75, 3.05) is 13.1 Å². The monoisotopic (exact) mass is 378 g/mol. The van der Waals surface area contributed by atoms with Crippen LogP contribution in [-0.4, -0.2) is 39.8 Å². The summed E-state index contributed by atoms with van der Waals surface area (Å²) in [6.07, 6.45) is 4.97. The van der Waals surface area contributed by atoms with E-state index in [9.17, 15) is 14.0 Å². The van der Waals surface area contributed by atoms with E-state index in [2.05, 4.69) is 16.9 Å². The van der Waals surface area contributed by atoms with Gasteiger partial charge in [-0.2, -0.15) is 0 Å². The van der Waals surface area contributed by atoms with Crippen LogP contribution in [-0.2, 0) is 11.3 Å². The molecule has 142 valence electrons. The largest absolute Gasteiger partial charge is 0.329 e.